The lowest BCUT2D eigenvalue weighted by molar-refractivity contribution is -0.144. The molecule has 2 aliphatic heterocycles. The molecule has 0 aromatic carbocycles. The number of carbonyl (C=O) groups is 2. The summed E-state index contributed by atoms with van der Waals surface area (Å²) in [4.78, 5) is 38.7. The van der Waals surface area contributed by atoms with E-state index in [1.165, 1.54) is 16.2 Å². The number of thiophene rings is 1. The number of imide groups is 1. The van der Waals surface area contributed by atoms with E-state index in [2.05, 4.69) is 20.2 Å². The SMILES string of the molecule is CNC1CCN(Cc2c(C)cc(C(F)(F)F)nc2-c2ccnc3cc(CN4C(=O)C5C(C4=O)C5(C)C)sc23)C1.Cl. The lowest BCUT2D eigenvalue weighted by atomic mass is 10.00. The van der Waals surface area contributed by atoms with Crippen molar-refractivity contribution in [1.82, 2.24) is 25.1 Å². The van der Waals surface area contributed by atoms with Crippen molar-refractivity contribution in [2.24, 2.45) is 17.3 Å². The Balaban J connectivity index is 0.00000323. The first-order chi connectivity index (χ1) is 18.4. The van der Waals surface area contributed by atoms with Gasteiger partial charge in [-0.05, 0) is 55.1 Å². The molecule has 5 heterocycles. The third kappa shape index (κ3) is 4.70. The number of aromatic nitrogens is 2. The number of hydrogen-bond donors (Lipinski definition) is 1. The number of nitrogens with zero attached hydrogens (tertiary/aromatic N) is 4. The van der Waals surface area contributed by atoms with Gasteiger partial charge >= 0.3 is 6.18 Å². The molecule has 2 amide bonds. The van der Waals surface area contributed by atoms with Gasteiger partial charge in [0.2, 0.25) is 11.8 Å². The van der Waals surface area contributed by atoms with Crippen LogP contribution in [-0.4, -0.2) is 57.8 Å². The molecule has 40 heavy (non-hydrogen) atoms. The van der Waals surface area contributed by atoms with Crippen molar-refractivity contribution in [2.45, 2.75) is 52.5 Å². The summed E-state index contributed by atoms with van der Waals surface area (Å²) in [5.41, 5.74) is 1.57. The third-order valence-corrected chi connectivity index (χ3v) is 9.77. The van der Waals surface area contributed by atoms with Gasteiger partial charge in [0, 0.05) is 42.3 Å². The molecule has 6 rings (SSSR count). The van der Waals surface area contributed by atoms with Crippen LogP contribution in [0.2, 0.25) is 0 Å². The van der Waals surface area contributed by atoms with Crippen LogP contribution in [0.25, 0.3) is 21.5 Å². The van der Waals surface area contributed by atoms with E-state index in [1.807, 2.05) is 27.0 Å². The molecule has 0 radical (unpaired) electrons. The maximum atomic E-state index is 13.8. The Labute approximate surface area is 240 Å². The number of nitrogens with one attached hydrogen (secondary N) is 1. The van der Waals surface area contributed by atoms with Crippen LogP contribution in [0.4, 0.5) is 13.2 Å². The van der Waals surface area contributed by atoms with Gasteiger partial charge in [0.25, 0.3) is 0 Å². The molecule has 3 fully saturated rings. The number of aryl methyl sites for hydroxylation is 1. The number of fused-ring (bicyclic) bond motifs is 2. The van der Waals surface area contributed by atoms with Gasteiger partial charge in [-0.25, -0.2) is 4.98 Å². The van der Waals surface area contributed by atoms with Crippen LogP contribution in [0.1, 0.15) is 42.0 Å². The average Bonchev–Trinajstić information content (AvgIpc) is 3.28. The van der Waals surface area contributed by atoms with Crippen LogP contribution < -0.4 is 5.32 Å². The third-order valence-electron chi connectivity index (χ3n) is 8.62. The zero-order valence-electron chi connectivity index (χ0n) is 22.6. The van der Waals surface area contributed by atoms with Gasteiger partial charge in [-0.2, -0.15) is 13.2 Å². The molecule has 1 N–H and O–H groups in total. The largest absolute Gasteiger partial charge is 0.433 e. The zero-order valence-corrected chi connectivity index (χ0v) is 24.3. The smallest absolute Gasteiger partial charge is 0.316 e. The van der Waals surface area contributed by atoms with Gasteiger partial charge in [-0.3, -0.25) is 24.4 Å². The van der Waals surface area contributed by atoms with Crippen LogP contribution in [0.3, 0.4) is 0 Å². The molecule has 12 heteroatoms. The quantitative estimate of drug-likeness (QED) is 0.404. The van der Waals surface area contributed by atoms with Gasteiger partial charge in [-0.1, -0.05) is 13.8 Å². The molecule has 1 aliphatic carbocycles. The topological polar surface area (TPSA) is 78.4 Å². The molecule has 3 aliphatic rings. The molecule has 3 aromatic heterocycles. The summed E-state index contributed by atoms with van der Waals surface area (Å²) in [6.07, 6.45) is -2.04. The Morgan fingerprint density at radius 3 is 2.48 bits per heavy atom. The highest BCUT2D eigenvalue weighted by Crippen LogP contribution is 2.63. The lowest BCUT2D eigenvalue weighted by Crippen LogP contribution is -2.35. The minimum absolute atomic E-state index is 0. The number of carbonyl (C=O) groups excluding carboxylic acids is 2. The van der Waals surface area contributed by atoms with Crippen molar-refractivity contribution in [2.75, 3.05) is 20.1 Å². The molecule has 7 nitrogen and oxygen atoms in total. The Hall–Kier alpha value is -2.60. The lowest BCUT2D eigenvalue weighted by Gasteiger charge is -2.21. The van der Waals surface area contributed by atoms with Crippen molar-refractivity contribution in [3.8, 4) is 11.3 Å². The molecule has 3 atom stereocenters. The number of likely N-dealkylation sites (N-methyl/N-ethyl adjacent to an activating group) is 1. The van der Waals surface area contributed by atoms with E-state index in [0.717, 1.165) is 36.0 Å². The maximum Gasteiger partial charge on any atom is 0.433 e. The van der Waals surface area contributed by atoms with Gasteiger partial charge in [0.05, 0.1) is 34.3 Å². The molecule has 214 valence electrons. The van der Waals surface area contributed by atoms with Crippen LogP contribution in [0.15, 0.2) is 24.4 Å². The summed E-state index contributed by atoms with van der Waals surface area (Å²) in [6.45, 7) is 7.86. The normalized spacial score (nSPS) is 24.1. The van der Waals surface area contributed by atoms with E-state index < -0.39 is 11.9 Å². The zero-order chi connectivity index (χ0) is 27.9. The number of hydrogen-bond acceptors (Lipinski definition) is 7. The Kier molecular flexibility index (Phi) is 7.26. The fraction of sp³-hybridized carbons (Fsp3) is 0.500. The maximum absolute atomic E-state index is 13.8. The second kappa shape index (κ2) is 10.0. The van der Waals surface area contributed by atoms with Gasteiger partial charge in [-0.15, -0.1) is 23.7 Å². The summed E-state index contributed by atoms with van der Waals surface area (Å²) in [7, 11) is 1.92. The van der Waals surface area contributed by atoms with Gasteiger partial charge in [0.15, 0.2) is 0 Å². The number of pyridine rings is 2. The summed E-state index contributed by atoms with van der Waals surface area (Å²) < 4.78 is 42.2. The van der Waals surface area contributed by atoms with Crippen molar-refractivity contribution >= 4 is 45.8 Å². The Morgan fingerprint density at radius 2 is 1.85 bits per heavy atom. The number of rotatable bonds is 6. The second-order valence-corrected chi connectivity index (χ2v) is 12.6. The number of alkyl halides is 3. The first kappa shape index (κ1) is 28.9. The number of halogens is 4. The summed E-state index contributed by atoms with van der Waals surface area (Å²) in [5.74, 6) is -0.825. The van der Waals surface area contributed by atoms with E-state index in [-0.39, 0.29) is 48.0 Å². The van der Waals surface area contributed by atoms with E-state index in [1.54, 1.807) is 19.2 Å². The first-order valence-corrected chi connectivity index (χ1v) is 13.9. The van der Waals surface area contributed by atoms with Crippen LogP contribution in [0.5, 0.6) is 0 Å². The average molecular weight is 594 g/mol. The summed E-state index contributed by atoms with van der Waals surface area (Å²) >= 11 is 1.35. The van der Waals surface area contributed by atoms with Crippen molar-refractivity contribution < 1.29 is 22.8 Å². The minimum Gasteiger partial charge on any atom is -0.316 e. The molecule has 3 unspecified atom stereocenters. The standard InChI is InChI=1S/C28H30F3N5O2S.ClH/c1-14-9-20(28(29,30)31)34-23(18(14)13-35-8-6-15(11-35)32-4)17-5-7-33-19-10-16(39-24(17)19)12-36-25(37)21-22(26(36)38)27(21,2)3;/h5,7,9-10,15,21-22,32H,6,8,11-13H2,1-4H3;1H. The van der Waals surface area contributed by atoms with Crippen LogP contribution >= 0.6 is 23.7 Å². The molecule has 0 bridgehead atoms. The monoisotopic (exact) mass is 593 g/mol. The van der Waals surface area contributed by atoms with Crippen LogP contribution in [0, 0.1) is 24.2 Å². The van der Waals surface area contributed by atoms with E-state index in [0.29, 0.717) is 39.6 Å². The van der Waals surface area contributed by atoms with Crippen LogP contribution in [-0.2, 0) is 28.9 Å². The fourth-order valence-electron chi connectivity index (χ4n) is 6.27. The Morgan fingerprint density at radius 1 is 1.15 bits per heavy atom. The first-order valence-electron chi connectivity index (χ1n) is 13.1. The highest BCUT2D eigenvalue weighted by atomic mass is 35.5. The predicted molar refractivity (Wildman–Crippen MR) is 149 cm³/mol. The van der Waals surface area contributed by atoms with Crippen molar-refractivity contribution in [1.29, 1.82) is 0 Å². The summed E-state index contributed by atoms with van der Waals surface area (Å²) in [6, 6.07) is 4.99. The number of amides is 2. The fourth-order valence-corrected chi connectivity index (χ4v) is 7.39. The molecular weight excluding hydrogens is 563 g/mol. The van der Waals surface area contributed by atoms with E-state index >= 15 is 0 Å². The predicted octanol–water partition coefficient (Wildman–Crippen LogP) is 5.04. The van der Waals surface area contributed by atoms with E-state index in [4.69, 9.17) is 0 Å². The highest BCUT2D eigenvalue weighted by Gasteiger charge is 2.72. The molecular formula is C28H31ClF3N5O2S. The number of likely N-dealkylation sites (tertiary alicyclic amines) is 2. The molecule has 1 saturated carbocycles. The van der Waals surface area contributed by atoms with Crippen molar-refractivity contribution in [3.63, 3.8) is 0 Å². The van der Waals surface area contributed by atoms with E-state index in [9.17, 15) is 22.8 Å². The van der Waals surface area contributed by atoms with Gasteiger partial charge < -0.3 is 5.32 Å². The molecule has 0 spiro atoms. The Bertz CT molecular complexity index is 1480. The number of piperidine rings is 1. The highest BCUT2D eigenvalue weighted by molar-refractivity contribution is 7.19. The summed E-state index contributed by atoms with van der Waals surface area (Å²) in [5, 5.41) is 3.28. The minimum atomic E-state index is -4.58. The van der Waals surface area contributed by atoms with Gasteiger partial charge in [0.1, 0.15) is 5.69 Å². The second-order valence-electron chi connectivity index (χ2n) is 11.5. The molecule has 2 saturated heterocycles. The molecule has 3 aromatic rings. The van der Waals surface area contributed by atoms with Crippen molar-refractivity contribution in [3.05, 3.63) is 46.1 Å².